The normalized spacial score (nSPS) is 16.6. The van der Waals surface area contributed by atoms with E-state index in [4.69, 9.17) is 17.0 Å². The van der Waals surface area contributed by atoms with Crippen LogP contribution in [-0.2, 0) is 9.53 Å². The van der Waals surface area contributed by atoms with Gasteiger partial charge in [0.2, 0.25) is 0 Å². The van der Waals surface area contributed by atoms with Crippen LogP contribution in [0.3, 0.4) is 0 Å². The van der Waals surface area contributed by atoms with Crippen LogP contribution in [0.1, 0.15) is 24.9 Å². The molecule has 0 radical (unpaired) electrons. The zero-order valence-corrected chi connectivity index (χ0v) is 12.5. The SMILES string of the molecule is CC(=O)CC(NC(=S)N1CCOCC1)c1ccccc1. The van der Waals surface area contributed by atoms with Crippen molar-refractivity contribution in [3.8, 4) is 0 Å². The van der Waals surface area contributed by atoms with Crippen molar-refractivity contribution >= 4 is 23.1 Å². The molecular weight excluding hydrogens is 272 g/mol. The van der Waals surface area contributed by atoms with E-state index in [2.05, 4.69) is 10.2 Å². The van der Waals surface area contributed by atoms with Crippen molar-refractivity contribution in [2.75, 3.05) is 26.3 Å². The van der Waals surface area contributed by atoms with Gasteiger partial charge in [-0.25, -0.2) is 0 Å². The molecule has 20 heavy (non-hydrogen) atoms. The number of nitrogens with one attached hydrogen (secondary N) is 1. The fraction of sp³-hybridized carbons (Fsp3) is 0.467. The largest absolute Gasteiger partial charge is 0.378 e. The zero-order valence-electron chi connectivity index (χ0n) is 11.7. The number of benzene rings is 1. The molecule has 0 aromatic heterocycles. The highest BCUT2D eigenvalue weighted by molar-refractivity contribution is 7.80. The molecule has 1 saturated heterocycles. The second-order valence-electron chi connectivity index (χ2n) is 4.92. The second-order valence-corrected chi connectivity index (χ2v) is 5.31. The molecule has 2 rings (SSSR count). The lowest BCUT2D eigenvalue weighted by Crippen LogP contribution is -2.47. The number of hydrogen-bond donors (Lipinski definition) is 1. The fourth-order valence-corrected chi connectivity index (χ4v) is 2.56. The van der Waals surface area contributed by atoms with Crippen LogP contribution in [0.5, 0.6) is 0 Å². The van der Waals surface area contributed by atoms with E-state index in [1.54, 1.807) is 6.92 Å². The summed E-state index contributed by atoms with van der Waals surface area (Å²) in [7, 11) is 0. The first kappa shape index (κ1) is 14.9. The number of Topliss-reactive ketones (excluding diaryl/α,β-unsaturated/α-hetero) is 1. The summed E-state index contributed by atoms with van der Waals surface area (Å²) in [5, 5.41) is 4.01. The molecule has 1 N–H and O–H groups in total. The van der Waals surface area contributed by atoms with E-state index in [1.165, 1.54) is 0 Å². The summed E-state index contributed by atoms with van der Waals surface area (Å²) in [6.07, 6.45) is 0.439. The zero-order chi connectivity index (χ0) is 14.4. The van der Waals surface area contributed by atoms with Crippen LogP contribution >= 0.6 is 12.2 Å². The van der Waals surface area contributed by atoms with E-state index in [1.807, 2.05) is 30.3 Å². The predicted molar refractivity (Wildman–Crippen MR) is 82.6 cm³/mol. The van der Waals surface area contributed by atoms with Crippen molar-refractivity contribution < 1.29 is 9.53 Å². The van der Waals surface area contributed by atoms with Gasteiger partial charge in [0.1, 0.15) is 5.78 Å². The van der Waals surface area contributed by atoms with Gasteiger partial charge in [-0.2, -0.15) is 0 Å². The summed E-state index contributed by atoms with van der Waals surface area (Å²) < 4.78 is 5.32. The first-order chi connectivity index (χ1) is 9.66. The highest BCUT2D eigenvalue weighted by atomic mass is 32.1. The number of ketones is 1. The molecule has 5 heteroatoms. The minimum absolute atomic E-state index is 0.0657. The number of morpholine rings is 1. The topological polar surface area (TPSA) is 41.6 Å². The molecule has 1 unspecified atom stereocenters. The molecule has 4 nitrogen and oxygen atoms in total. The van der Waals surface area contributed by atoms with Crippen LogP contribution < -0.4 is 5.32 Å². The monoisotopic (exact) mass is 292 g/mol. The maximum atomic E-state index is 11.5. The molecule has 0 saturated carbocycles. The van der Waals surface area contributed by atoms with Crippen molar-refractivity contribution in [2.24, 2.45) is 0 Å². The third-order valence-electron chi connectivity index (χ3n) is 3.29. The summed E-state index contributed by atoms with van der Waals surface area (Å²) in [5.74, 6) is 0.149. The Balaban J connectivity index is 2.03. The van der Waals surface area contributed by atoms with Gasteiger partial charge in [-0.3, -0.25) is 4.79 Å². The van der Waals surface area contributed by atoms with Gasteiger partial charge in [0, 0.05) is 19.5 Å². The first-order valence-electron chi connectivity index (χ1n) is 6.84. The molecule has 1 aromatic carbocycles. The average molecular weight is 292 g/mol. The molecule has 1 heterocycles. The van der Waals surface area contributed by atoms with Gasteiger partial charge >= 0.3 is 0 Å². The molecule has 1 aromatic rings. The number of nitrogens with zero attached hydrogens (tertiary/aromatic N) is 1. The molecule has 0 bridgehead atoms. The van der Waals surface area contributed by atoms with E-state index in [-0.39, 0.29) is 11.8 Å². The maximum Gasteiger partial charge on any atom is 0.169 e. The van der Waals surface area contributed by atoms with E-state index >= 15 is 0 Å². The lowest BCUT2D eigenvalue weighted by atomic mass is 10.0. The second kappa shape index (κ2) is 7.36. The molecule has 0 aliphatic carbocycles. The Kier molecular flexibility index (Phi) is 5.49. The van der Waals surface area contributed by atoms with Crippen molar-refractivity contribution in [2.45, 2.75) is 19.4 Å². The number of rotatable bonds is 4. The quantitative estimate of drug-likeness (QED) is 0.859. The molecule has 1 fully saturated rings. The minimum Gasteiger partial charge on any atom is -0.378 e. The summed E-state index contributed by atoms with van der Waals surface area (Å²) >= 11 is 5.45. The van der Waals surface area contributed by atoms with Gasteiger partial charge in [0.15, 0.2) is 5.11 Å². The summed E-state index contributed by atoms with van der Waals surface area (Å²) in [5.41, 5.74) is 1.08. The minimum atomic E-state index is -0.0657. The number of hydrogen-bond acceptors (Lipinski definition) is 3. The predicted octanol–water partition coefficient (Wildman–Crippen LogP) is 1.91. The standard InChI is InChI=1S/C15H20N2O2S/c1-12(18)11-14(13-5-3-2-4-6-13)16-15(20)17-7-9-19-10-8-17/h2-6,14H,7-11H2,1H3,(H,16,20). The Hall–Kier alpha value is -1.46. The lowest BCUT2D eigenvalue weighted by molar-refractivity contribution is -0.117. The number of carbonyl (C=O) groups is 1. The summed E-state index contributed by atoms with van der Waals surface area (Å²) in [6.45, 7) is 4.60. The summed E-state index contributed by atoms with van der Waals surface area (Å²) in [4.78, 5) is 13.6. The molecule has 1 aliphatic rings. The third-order valence-corrected chi connectivity index (χ3v) is 3.67. The van der Waals surface area contributed by atoms with Crippen LogP contribution in [-0.4, -0.2) is 42.1 Å². The Labute approximate surface area is 125 Å². The van der Waals surface area contributed by atoms with Gasteiger partial charge in [-0.1, -0.05) is 30.3 Å². The van der Waals surface area contributed by atoms with E-state index in [0.29, 0.717) is 24.7 Å². The van der Waals surface area contributed by atoms with Crippen LogP contribution in [0.25, 0.3) is 0 Å². The molecule has 1 atom stereocenters. The maximum absolute atomic E-state index is 11.5. The fourth-order valence-electron chi connectivity index (χ4n) is 2.23. The van der Waals surface area contributed by atoms with Crippen LogP contribution in [0.4, 0.5) is 0 Å². The third kappa shape index (κ3) is 4.28. The van der Waals surface area contributed by atoms with Crippen molar-refractivity contribution in [1.29, 1.82) is 0 Å². The molecule has 1 aliphatic heterocycles. The Morgan fingerprint density at radius 3 is 2.60 bits per heavy atom. The smallest absolute Gasteiger partial charge is 0.169 e. The van der Waals surface area contributed by atoms with Crippen LogP contribution in [0.2, 0.25) is 0 Å². The lowest BCUT2D eigenvalue weighted by Gasteiger charge is -2.31. The Morgan fingerprint density at radius 2 is 2.00 bits per heavy atom. The number of carbonyl (C=O) groups excluding carboxylic acids is 1. The summed E-state index contributed by atoms with van der Waals surface area (Å²) in [6, 6.07) is 9.88. The first-order valence-corrected chi connectivity index (χ1v) is 7.25. The van der Waals surface area contributed by atoms with Crippen molar-refractivity contribution in [3.63, 3.8) is 0 Å². The highest BCUT2D eigenvalue weighted by Crippen LogP contribution is 2.17. The number of ether oxygens (including phenoxy) is 1. The van der Waals surface area contributed by atoms with Crippen molar-refractivity contribution in [1.82, 2.24) is 10.2 Å². The van der Waals surface area contributed by atoms with Gasteiger partial charge in [-0.15, -0.1) is 0 Å². The van der Waals surface area contributed by atoms with Crippen molar-refractivity contribution in [3.05, 3.63) is 35.9 Å². The molecule has 0 spiro atoms. The van der Waals surface area contributed by atoms with Crippen LogP contribution in [0, 0.1) is 0 Å². The van der Waals surface area contributed by atoms with E-state index < -0.39 is 0 Å². The average Bonchev–Trinajstić information content (AvgIpc) is 2.48. The van der Waals surface area contributed by atoms with E-state index in [0.717, 1.165) is 18.7 Å². The number of thiocarbonyl (C=S) groups is 1. The highest BCUT2D eigenvalue weighted by Gasteiger charge is 2.19. The Morgan fingerprint density at radius 1 is 1.35 bits per heavy atom. The molecule has 108 valence electrons. The Bertz CT molecular complexity index is 458. The van der Waals surface area contributed by atoms with Gasteiger partial charge in [-0.05, 0) is 24.7 Å². The van der Waals surface area contributed by atoms with Gasteiger partial charge < -0.3 is 15.0 Å². The van der Waals surface area contributed by atoms with Gasteiger partial charge in [0.05, 0.1) is 19.3 Å². The van der Waals surface area contributed by atoms with E-state index in [9.17, 15) is 4.79 Å². The van der Waals surface area contributed by atoms with Crippen LogP contribution in [0.15, 0.2) is 30.3 Å². The van der Waals surface area contributed by atoms with Gasteiger partial charge in [0.25, 0.3) is 0 Å². The molecule has 0 amide bonds. The molecular formula is C15H20N2O2S.